The van der Waals surface area contributed by atoms with E-state index in [1.807, 2.05) is 19.1 Å². The molecule has 0 bridgehead atoms. The van der Waals surface area contributed by atoms with Crippen LogP contribution in [-0.4, -0.2) is 45.3 Å². The summed E-state index contributed by atoms with van der Waals surface area (Å²) in [5.41, 5.74) is 2.31. The molecule has 0 amide bonds. The number of aromatic nitrogens is 1. The summed E-state index contributed by atoms with van der Waals surface area (Å²) in [6.45, 7) is 3.74. The number of thiazole rings is 1. The van der Waals surface area contributed by atoms with Gasteiger partial charge in [0.2, 0.25) is 0 Å². The Balaban J connectivity index is 1.65. The van der Waals surface area contributed by atoms with E-state index in [0.29, 0.717) is 0 Å². The molecule has 6 nitrogen and oxygen atoms in total. The van der Waals surface area contributed by atoms with Crippen LogP contribution >= 0.6 is 11.3 Å². The molecule has 0 aliphatic rings. The molecular formula is C20H30N4O2S. The van der Waals surface area contributed by atoms with Crippen LogP contribution in [0, 0.1) is 6.92 Å². The molecule has 2 aromatic rings. The quantitative estimate of drug-likeness (QED) is 0.370. The van der Waals surface area contributed by atoms with Crippen LogP contribution in [0.5, 0.6) is 11.5 Å². The molecule has 1 aromatic carbocycles. The summed E-state index contributed by atoms with van der Waals surface area (Å²) in [7, 11) is 5.10. The first-order valence-corrected chi connectivity index (χ1v) is 10.1. The molecule has 2 N–H and O–H groups in total. The number of nitrogens with zero attached hydrogens (tertiary/aromatic N) is 2. The SMILES string of the molecule is CN=C(NCCCCc1nc(C)cs1)NCCc1ccc(OC)c(OC)c1. The maximum Gasteiger partial charge on any atom is 0.190 e. The molecule has 1 heterocycles. The number of nitrogens with one attached hydrogen (secondary N) is 2. The zero-order valence-electron chi connectivity index (χ0n) is 16.7. The van der Waals surface area contributed by atoms with Crippen molar-refractivity contribution in [3.8, 4) is 11.5 Å². The fourth-order valence-electron chi connectivity index (χ4n) is 2.71. The van der Waals surface area contributed by atoms with Crippen molar-refractivity contribution in [1.29, 1.82) is 0 Å². The minimum Gasteiger partial charge on any atom is -0.493 e. The number of benzene rings is 1. The number of rotatable bonds is 10. The van der Waals surface area contributed by atoms with Crippen molar-refractivity contribution in [2.45, 2.75) is 32.6 Å². The predicted molar refractivity (Wildman–Crippen MR) is 112 cm³/mol. The van der Waals surface area contributed by atoms with Gasteiger partial charge in [0.05, 0.1) is 19.2 Å². The number of methoxy groups -OCH3 is 2. The average molecular weight is 391 g/mol. The highest BCUT2D eigenvalue weighted by Crippen LogP contribution is 2.27. The second-order valence-corrected chi connectivity index (χ2v) is 7.15. The fourth-order valence-corrected chi connectivity index (χ4v) is 3.53. The second kappa shape index (κ2) is 11.4. The molecule has 0 saturated carbocycles. The maximum absolute atomic E-state index is 5.35. The highest BCUT2D eigenvalue weighted by atomic mass is 32.1. The van der Waals surface area contributed by atoms with Crippen LogP contribution in [0.3, 0.4) is 0 Å². The van der Waals surface area contributed by atoms with Gasteiger partial charge in [0.15, 0.2) is 17.5 Å². The number of hydrogen-bond donors (Lipinski definition) is 2. The van der Waals surface area contributed by atoms with Crippen LogP contribution in [0.1, 0.15) is 29.1 Å². The highest BCUT2D eigenvalue weighted by Gasteiger charge is 2.05. The van der Waals surface area contributed by atoms with Crippen LogP contribution in [0.25, 0.3) is 0 Å². The molecular weight excluding hydrogens is 360 g/mol. The van der Waals surface area contributed by atoms with Crippen molar-refractivity contribution in [3.63, 3.8) is 0 Å². The molecule has 0 aliphatic carbocycles. The lowest BCUT2D eigenvalue weighted by atomic mass is 10.1. The van der Waals surface area contributed by atoms with Crippen LogP contribution < -0.4 is 20.1 Å². The molecule has 27 heavy (non-hydrogen) atoms. The lowest BCUT2D eigenvalue weighted by Gasteiger charge is -2.13. The average Bonchev–Trinajstić information content (AvgIpc) is 3.11. The van der Waals surface area contributed by atoms with Crippen molar-refractivity contribution < 1.29 is 9.47 Å². The van der Waals surface area contributed by atoms with E-state index in [1.165, 1.54) is 10.6 Å². The molecule has 148 valence electrons. The lowest BCUT2D eigenvalue weighted by Crippen LogP contribution is -2.38. The smallest absolute Gasteiger partial charge is 0.190 e. The summed E-state index contributed by atoms with van der Waals surface area (Å²) >= 11 is 1.75. The Morgan fingerprint density at radius 3 is 2.52 bits per heavy atom. The third-order valence-corrected chi connectivity index (χ3v) is 5.18. The Kier molecular flexibility index (Phi) is 8.91. The van der Waals surface area contributed by atoms with E-state index < -0.39 is 0 Å². The number of guanidine groups is 1. The van der Waals surface area contributed by atoms with Crippen LogP contribution in [-0.2, 0) is 12.8 Å². The standard InChI is InChI=1S/C20H30N4O2S/c1-15-14-27-19(24-15)7-5-6-11-22-20(21-2)23-12-10-16-8-9-17(25-3)18(13-16)26-4/h8-9,13-14H,5-7,10-12H2,1-4H3,(H2,21,22,23). The van der Waals surface area contributed by atoms with E-state index in [9.17, 15) is 0 Å². The van der Waals surface area contributed by atoms with E-state index in [0.717, 1.165) is 61.9 Å². The Hall–Kier alpha value is -2.28. The van der Waals surface area contributed by atoms with Gasteiger partial charge in [-0.25, -0.2) is 4.98 Å². The third-order valence-electron chi connectivity index (χ3n) is 4.15. The molecule has 2 rings (SSSR count). The Morgan fingerprint density at radius 1 is 1.07 bits per heavy atom. The van der Waals surface area contributed by atoms with E-state index in [1.54, 1.807) is 32.6 Å². The minimum absolute atomic E-state index is 0.750. The summed E-state index contributed by atoms with van der Waals surface area (Å²) in [5, 5.41) is 10.1. The van der Waals surface area contributed by atoms with Crippen LogP contribution in [0.4, 0.5) is 0 Å². The molecule has 1 aromatic heterocycles. The van der Waals surface area contributed by atoms with Crippen molar-refractivity contribution in [1.82, 2.24) is 15.6 Å². The zero-order chi connectivity index (χ0) is 19.5. The third kappa shape index (κ3) is 7.09. The first kappa shape index (κ1) is 21.0. The number of ether oxygens (including phenoxy) is 2. The first-order valence-electron chi connectivity index (χ1n) is 9.22. The molecule has 0 radical (unpaired) electrons. The van der Waals surface area contributed by atoms with E-state index in [-0.39, 0.29) is 0 Å². The lowest BCUT2D eigenvalue weighted by molar-refractivity contribution is 0.354. The van der Waals surface area contributed by atoms with E-state index in [2.05, 4.69) is 32.1 Å². The van der Waals surface area contributed by atoms with Gasteiger partial charge in [-0.05, 0) is 50.3 Å². The molecule has 0 unspecified atom stereocenters. The topological polar surface area (TPSA) is 67.8 Å². The summed E-state index contributed by atoms with van der Waals surface area (Å²) in [6, 6.07) is 6.00. The number of hydrogen-bond acceptors (Lipinski definition) is 5. The number of aliphatic imine (C=N–C) groups is 1. The van der Waals surface area contributed by atoms with Gasteiger partial charge in [-0.1, -0.05) is 6.07 Å². The van der Waals surface area contributed by atoms with Gasteiger partial charge in [-0.15, -0.1) is 11.3 Å². The monoisotopic (exact) mass is 390 g/mol. The first-order chi connectivity index (χ1) is 13.2. The minimum atomic E-state index is 0.750. The van der Waals surface area contributed by atoms with Gasteiger partial charge < -0.3 is 20.1 Å². The molecule has 0 atom stereocenters. The van der Waals surface area contributed by atoms with Crippen molar-refractivity contribution in [2.75, 3.05) is 34.4 Å². The summed E-state index contributed by atoms with van der Waals surface area (Å²) < 4.78 is 10.6. The largest absolute Gasteiger partial charge is 0.493 e. The molecule has 7 heteroatoms. The van der Waals surface area contributed by atoms with Crippen molar-refractivity contribution >= 4 is 17.3 Å². The molecule has 0 aliphatic heterocycles. The van der Waals surface area contributed by atoms with Gasteiger partial charge >= 0.3 is 0 Å². The summed E-state index contributed by atoms with van der Waals surface area (Å²) in [4.78, 5) is 8.78. The van der Waals surface area contributed by atoms with Crippen molar-refractivity contribution in [2.24, 2.45) is 4.99 Å². The van der Waals surface area contributed by atoms with Gasteiger partial charge in [-0.3, -0.25) is 4.99 Å². The Bertz CT molecular complexity index is 731. The van der Waals surface area contributed by atoms with E-state index >= 15 is 0 Å². The van der Waals surface area contributed by atoms with Gasteiger partial charge in [0.1, 0.15) is 0 Å². The predicted octanol–water partition coefficient (Wildman–Crippen LogP) is 3.20. The number of aryl methyl sites for hydroxylation is 2. The molecule has 0 spiro atoms. The second-order valence-electron chi connectivity index (χ2n) is 6.20. The van der Waals surface area contributed by atoms with Crippen LogP contribution in [0.2, 0.25) is 0 Å². The summed E-state index contributed by atoms with van der Waals surface area (Å²) in [5.74, 6) is 2.34. The Morgan fingerprint density at radius 2 is 1.85 bits per heavy atom. The zero-order valence-corrected chi connectivity index (χ0v) is 17.5. The fraction of sp³-hybridized carbons (Fsp3) is 0.500. The van der Waals surface area contributed by atoms with E-state index in [4.69, 9.17) is 9.47 Å². The normalized spacial score (nSPS) is 11.3. The van der Waals surface area contributed by atoms with Gasteiger partial charge in [-0.2, -0.15) is 0 Å². The van der Waals surface area contributed by atoms with Gasteiger partial charge in [0, 0.05) is 31.2 Å². The number of unbranched alkanes of at least 4 members (excludes halogenated alkanes) is 1. The molecule has 0 fully saturated rings. The highest BCUT2D eigenvalue weighted by molar-refractivity contribution is 7.09. The van der Waals surface area contributed by atoms with Gasteiger partial charge in [0.25, 0.3) is 0 Å². The Labute approximate surface area is 166 Å². The van der Waals surface area contributed by atoms with Crippen molar-refractivity contribution in [3.05, 3.63) is 39.8 Å². The van der Waals surface area contributed by atoms with Crippen LogP contribution in [0.15, 0.2) is 28.6 Å². The maximum atomic E-state index is 5.35. The summed E-state index contributed by atoms with van der Waals surface area (Å²) in [6.07, 6.45) is 4.15. The molecule has 0 saturated heterocycles.